The number of hydrogen-bond acceptors (Lipinski definition) is 4. The molecule has 5 nitrogen and oxygen atoms in total. The molecule has 1 atom stereocenters. The van der Waals surface area contributed by atoms with E-state index in [0.29, 0.717) is 5.69 Å². The summed E-state index contributed by atoms with van der Waals surface area (Å²) in [6, 6.07) is 0. The molecule has 0 aromatic carbocycles. The fourth-order valence-corrected chi connectivity index (χ4v) is 0.865. The maximum atomic E-state index is 9.43. The minimum absolute atomic E-state index is 0.237. The van der Waals surface area contributed by atoms with Crippen LogP contribution in [0.1, 0.15) is 6.92 Å². The van der Waals surface area contributed by atoms with E-state index in [-0.39, 0.29) is 13.2 Å². The summed E-state index contributed by atoms with van der Waals surface area (Å²) in [7, 11) is 0. The molecule has 5 heteroatoms. The predicted octanol–water partition coefficient (Wildman–Crippen LogP) is -0.791. The molecule has 0 aliphatic heterocycles. The Labute approximate surface area is 70.4 Å². The van der Waals surface area contributed by atoms with Crippen LogP contribution >= 0.6 is 0 Å². The van der Waals surface area contributed by atoms with Crippen molar-refractivity contribution in [3.05, 3.63) is 12.4 Å². The van der Waals surface area contributed by atoms with Crippen LogP contribution in [0, 0.1) is 0 Å². The van der Waals surface area contributed by atoms with Crippen LogP contribution in [-0.4, -0.2) is 32.2 Å². The van der Waals surface area contributed by atoms with Gasteiger partial charge in [-0.15, -0.1) is 0 Å². The van der Waals surface area contributed by atoms with Crippen molar-refractivity contribution in [1.82, 2.24) is 9.78 Å². The molecule has 4 N–H and O–H groups in total. The second-order valence-electron chi connectivity index (χ2n) is 3.13. The minimum Gasteiger partial charge on any atom is -0.396 e. The third kappa shape index (κ3) is 2.21. The van der Waals surface area contributed by atoms with Gasteiger partial charge in [0.25, 0.3) is 0 Å². The Bertz CT molecular complexity index is 257. The van der Waals surface area contributed by atoms with Crippen molar-refractivity contribution in [2.45, 2.75) is 19.1 Å². The molecular weight excluding hydrogens is 158 g/mol. The van der Waals surface area contributed by atoms with Crippen molar-refractivity contribution in [2.24, 2.45) is 0 Å². The van der Waals surface area contributed by atoms with Gasteiger partial charge in [-0.3, -0.25) is 4.68 Å². The van der Waals surface area contributed by atoms with E-state index in [2.05, 4.69) is 5.10 Å². The van der Waals surface area contributed by atoms with Gasteiger partial charge in [-0.1, -0.05) is 0 Å². The van der Waals surface area contributed by atoms with Crippen LogP contribution in [-0.2, 0) is 6.54 Å². The molecule has 1 heterocycles. The molecule has 0 spiro atoms. The van der Waals surface area contributed by atoms with Crippen molar-refractivity contribution in [3.63, 3.8) is 0 Å². The molecule has 0 bridgehead atoms. The van der Waals surface area contributed by atoms with Gasteiger partial charge in [0, 0.05) is 6.20 Å². The SMILES string of the molecule is CC(O)(CO)Cn1cc(N)cn1. The van der Waals surface area contributed by atoms with Gasteiger partial charge < -0.3 is 15.9 Å². The van der Waals surface area contributed by atoms with Crippen molar-refractivity contribution in [2.75, 3.05) is 12.3 Å². The van der Waals surface area contributed by atoms with E-state index in [1.807, 2.05) is 0 Å². The van der Waals surface area contributed by atoms with Crippen LogP contribution in [0.4, 0.5) is 5.69 Å². The van der Waals surface area contributed by atoms with E-state index in [1.54, 1.807) is 6.20 Å². The van der Waals surface area contributed by atoms with Crippen LogP contribution < -0.4 is 5.73 Å². The highest BCUT2D eigenvalue weighted by Crippen LogP contribution is 2.07. The van der Waals surface area contributed by atoms with Crippen LogP contribution in [0.5, 0.6) is 0 Å². The van der Waals surface area contributed by atoms with E-state index >= 15 is 0 Å². The Morgan fingerprint density at radius 3 is 2.83 bits per heavy atom. The number of nitrogen functional groups attached to an aromatic ring is 1. The van der Waals surface area contributed by atoms with Crippen molar-refractivity contribution < 1.29 is 10.2 Å². The Balaban J connectivity index is 2.63. The third-order valence-corrected chi connectivity index (χ3v) is 1.50. The van der Waals surface area contributed by atoms with E-state index in [1.165, 1.54) is 17.8 Å². The quantitative estimate of drug-likeness (QED) is 0.556. The van der Waals surface area contributed by atoms with E-state index < -0.39 is 5.60 Å². The average Bonchev–Trinajstić information content (AvgIpc) is 2.35. The van der Waals surface area contributed by atoms with Gasteiger partial charge in [0.2, 0.25) is 0 Å². The van der Waals surface area contributed by atoms with E-state index in [9.17, 15) is 5.11 Å². The molecule has 68 valence electrons. The molecule has 0 saturated heterocycles. The molecule has 0 aliphatic carbocycles. The van der Waals surface area contributed by atoms with Gasteiger partial charge in [0.05, 0.1) is 25.0 Å². The van der Waals surface area contributed by atoms with Crippen molar-refractivity contribution in [1.29, 1.82) is 0 Å². The zero-order valence-electron chi connectivity index (χ0n) is 6.94. The van der Waals surface area contributed by atoms with Gasteiger partial charge in [-0.25, -0.2) is 0 Å². The van der Waals surface area contributed by atoms with Gasteiger partial charge >= 0.3 is 0 Å². The monoisotopic (exact) mass is 171 g/mol. The predicted molar refractivity (Wildman–Crippen MR) is 44.3 cm³/mol. The number of aliphatic hydroxyl groups excluding tert-OH is 1. The number of nitrogens with zero attached hydrogens (tertiary/aromatic N) is 2. The normalized spacial score (nSPS) is 15.9. The van der Waals surface area contributed by atoms with Gasteiger partial charge in [0.15, 0.2) is 0 Å². The summed E-state index contributed by atoms with van der Waals surface area (Å²) in [6.07, 6.45) is 3.09. The standard InChI is InChI=1S/C7H13N3O2/c1-7(12,5-11)4-10-3-6(8)2-9-10/h2-3,11-12H,4-5,8H2,1H3. The molecule has 12 heavy (non-hydrogen) atoms. The highest BCUT2D eigenvalue weighted by atomic mass is 16.3. The van der Waals surface area contributed by atoms with Gasteiger partial charge in [0.1, 0.15) is 5.60 Å². The summed E-state index contributed by atoms with van der Waals surface area (Å²) >= 11 is 0. The smallest absolute Gasteiger partial charge is 0.104 e. The number of aromatic nitrogens is 2. The summed E-state index contributed by atoms with van der Waals surface area (Å²) in [4.78, 5) is 0. The van der Waals surface area contributed by atoms with Crippen LogP contribution in [0.2, 0.25) is 0 Å². The second-order valence-corrected chi connectivity index (χ2v) is 3.13. The largest absolute Gasteiger partial charge is 0.396 e. The second kappa shape index (κ2) is 3.12. The molecule has 1 aromatic rings. The highest BCUT2D eigenvalue weighted by molar-refractivity contribution is 5.30. The van der Waals surface area contributed by atoms with Crippen LogP contribution in [0.15, 0.2) is 12.4 Å². The number of anilines is 1. The highest BCUT2D eigenvalue weighted by Gasteiger charge is 2.19. The topological polar surface area (TPSA) is 84.3 Å². The number of hydrogen-bond donors (Lipinski definition) is 3. The number of aliphatic hydroxyl groups is 2. The fourth-order valence-electron chi connectivity index (χ4n) is 0.865. The lowest BCUT2D eigenvalue weighted by Crippen LogP contribution is -2.34. The summed E-state index contributed by atoms with van der Waals surface area (Å²) in [5.74, 6) is 0. The lowest BCUT2D eigenvalue weighted by molar-refractivity contribution is -0.0145. The van der Waals surface area contributed by atoms with Gasteiger partial charge in [-0.2, -0.15) is 5.10 Å². The van der Waals surface area contributed by atoms with E-state index in [4.69, 9.17) is 10.8 Å². The molecule has 0 radical (unpaired) electrons. The van der Waals surface area contributed by atoms with Crippen LogP contribution in [0.25, 0.3) is 0 Å². The Morgan fingerprint density at radius 2 is 2.42 bits per heavy atom. The maximum absolute atomic E-state index is 9.43. The zero-order chi connectivity index (χ0) is 9.19. The molecule has 0 aliphatic rings. The Morgan fingerprint density at radius 1 is 1.75 bits per heavy atom. The molecule has 1 unspecified atom stereocenters. The zero-order valence-corrected chi connectivity index (χ0v) is 6.94. The number of rotatable bonds is 3. The molecule has 0 fully saturated rings. The number of nitrogens with two attached hydrogens (primary N) is 1. The Kier molecular flexibility index (Phi) is 2.35. The van der Waals surface area contributed by atoms with Gasteiger partial charge in [-0.05, 0) is 6.92 Å². The first kappa shape index (κ1) is 9.02. The van der Waals surface area contributed by atoms with Crippen molar-refractivity contribution in [3.8, 4) is 0 Å². The first-order valence-electron chi connectivity index (χ1n) is 3.65. The van der Waals surface area contributed by atoms with E-state index in [0.717, 1.165) is 0 Å². The lowest BCUT2D eigenvalue weighted by Gasteiger charge is -2.19. The first-order valence-corrected chi connectivity index (χ1v) is 3.65. The molecule has 0 saturated carbocycles. The first-order chi connectivity index (χ1) is 5.53. The molecule has 1 rings (SSSR count). The Hall–Kier alpha value is -1.07. The maximum Gasteiger partial charge on any atom is 0.104 e. The molecular formula is C7H13N3O2. The lowest BCUT2D eigenvalue weighted by atomic mass is 10.1. The van der Waals surface area contributed by atoms with Crippen molar-refractivity contribution >= 4 is 5.69 Å². The van der Waals surface area contributed by atoms with Crippen LogP contribution in [0.3, 0.4) is 0 Å². The molecule has 1 aromatic heterocycles. The summed E-state index contributed by atoms with van der Waals surface area (Å²) in [6.45, 7) is 1.47. The minimum atomic E-state index is -1.14. The third-order valence-electron chi connectivity index (χ3n) is 1.50. The summed E-state index contributed by atoms with van der Waals surface area (Å²) < 4.78 is 1.49. The summed E-state index contributed by atoms with van der Waals surface area (Å²) in [5.41, 5.74) is 4.82. The average molecular weight is 171 g/mol. The molecule has 0 amide bonds. The fraction of sp³-hybridized carbons (Fsp3) is 0.571. The summed E-state index contributed by atoms with van der Waals surface area (Å²) in [5, 5.41) is 22.0.